The average molecular weight is 485 g/mol. The van der Waals surface area contributed by atoms with Crippen LogP contribution in [0.3, 0.4) is 0 Å². The van der Waals surface area contributed by atoms with Gasteiger partial charge in [0.1, 0.15) is 29.4 Å². The third-order valence-corrected chi connectivity index (χ3v) is 5.74. The molecule has 0 aliphatic heterocycles. The molecular weight excluding hydrogens is 462 g/mol. The molecule has 0 saturated heterocycles. The minimum atomic E-state index is -0.573. The fourth-order valence-electron chi connectivity index (χ4n) is 3.75. The molecule has 9 heteroatoms. The molecule has 5 aromatic rings. The lowest BCUT2D eigenvalue weighted by atomic mass is 10.1. The van der Waals surface area contributed by atoms with E-state index in [9.17, 15) is 4.79 Å². The summed E-state index contributed by atoms with van der Waals surface area (Å²) in [6.45, 7) is 3.67. The highest BCUT2D eigenvalue weighted by atomic mass is 16.6. The van der Waals surface area contributed by atoms with Crippen LogP contribution in [0.2, 0.25) is 0 Å². The second kappa shape index (κ2) is 9.91. The van der Waals surface area contributed by atoms with Crippen molar-refractivity contribution in [2.24, 2.45) is 0 Å². The Labute approximate surface area is 206 Å². The SMILES string of the molecule is COc1cccc(-c2noc(COC(=O)c3cc4ccccc4cc3OCc3c(C)noc3C)n2)c1. The van der Waals surface area contributed by atoms with Crippen molar-refractivity contribution in [2.45, 2.75) is 27.1 Å². The zero-order valence-electron chi connectivity index (χ0n) is 20.0. The Bertz CT molecular complexity index is 1520. The molecule has 182 valence electrons. The topological polar surface area (TPSA) is 110 Å². The van der Waals surface area contributed by atoms with Gasteiger partial charge in [-0.25, -0.2) is 4.79 Å². The second-order valence-electron chi connectivity index (χ2n) is 8.11. The summed E-state index contributed by atoms with van der Waals surface area (Å²) in [6, 6.07) is 18.5. The number of carbonyl (C=O) groups excluding carboxylic acids is 1. The van der Waals surface area contributed by atoms with Crippen molar-refractivity contribution in [1.29, 1.82) is 0 Å². The number of hydrogen-bond acceptors (Lipinski definition) is 9. The van der Waals surface area contributed by atoms with E-state index in [4.69, 9.17) is 23.3 Å². The van der Waals surface area contributed by atoms with E-state index in [1.165, 1.54) is 0 Å². The number of nitrogens with zero attached hydrogens (tertiary/aromatic N) is 3. The van der Waals surface area contributed by atoms with E-state index in [0.29, 0.717) is 23.1 Å². The molecular formula is C27H23N3O6. The third kappa shape index (κ3) is 4.76. The molecule has 0 amide bonds. The van der Waals surface area contributed by atoms with Gasteiger partial charge in [-0.2, -0.15) is 4.98 Å². The molecule has 0 aliphatic carbocycles. The van der Waals surface area contributed by atoms with Crippen LogP contribution in [0.15, 0.2) is 69.7 Å². The molecule has 0 unspecified atom stereocenters. The van der Waals surface area contributed by atoms with Crippen molar-refractivity contribution in [3.8, 4) is 22.9 Å². The fourth-order valence-corrected chi connectivity index (χ4v) is 3.75. The molecule has 3 aromatic carbocycles. The lowest BCUT2D eigenvalue weighted by molar-refractivity contribution is 0.0425. The summed E-state index contributed by atoms with van der Waals surface area (Å²) in [4.78, 5) is 17.4. The van der Waals surface area contributed by atoms with Crippen LogP contribution in [-0.4, -0.2) is 28.4 Å². The fraction of sp³-hybridized carbons (Fsp3) is 0.185. The van der Waals surface area contributed by atoms with E-state index < -0.39 is 5.97 Å². The molecule has 0 N–H and O–H groups in total. The maximum atomic E-state index is 13.1. The first-order valence-corrected chi connectivity index (χ1v) is 11.2. The largest absolute Gasteiger partial charge is 0.497 e. The molecule has 0 atom stereocenters. The molecule has 0 fully saturated rings. The number of hydrogen-bond donors (Lipinski definition) is 0. The van der Waals surface area contributed by atoms with E-state index in [-0.39, 0.29) is 24.7 Å². The highest BCUT2D eigenvalue weighted by Gasteiger charge is 2.19. The number of aryl methyl sites for hydroxylation is 2. The average Bonchev–Trinajstić information content (AvgIpc) is 3.51. The zero-order valence-corrected chi connectivity index (χ0v) is 20.0. The van der Waals surface area contributed by atoms with Crippen LogP contribution in [0.25, 0.3) is 22.2 Å². The lowest BCUT2D eigenvalue weighted by Gasteiger charge is -2.12. The number of aromatic nitrogens is 3. The van der Waals surface area contributed by atoms with Crippen molar-refractivity contribution in [2.75, 3.05) is 7.11 Å². The normalized spacial score (nSPS) is 11.0. The summed E-state index contributed by atoms with van der Waals surface area (Å²) >= 11 is 0. The van der Waals surface area contributed by atoms with E-state index in [0.717, 1.165) is 27.6 Å². The van der Waals surface area contributed by atoms with Crippen molar-refractivity contribution in [3.63, 3.8) is 0 Å². The summed E-state index contributed by atoms with van der Waals surface area (Å²) in [7, 11) is 1.58. The predicted molar refractivity (Wildman–Crippen MR) is 130 cm³/mol. The van der Waals surface area contributed by atoms with Crippen LogP contribution in [0, 0.1) is 13.8 Å². The highest BCUT2D eigenvalue weighted by molar-refractivity contribution is 5.98. The number of esters is 1. The number of fused-ring (bicyclic) bond motifs is 1. The number of carbonyl (C=O) groups is 1. The maximum Gasteiger partial charge on any atom is 0.342 e. The van der Waals surface area contributed by atoms with E-state index in [1.54, 1.807) is 19.2 Å². The van der Waals surface area contributed by atoms with Crippen LogP contribution in [-0.2, 0) is 18.0 Å². The van der Waals surface area contributed by atoms with Crippen LogP contribution in [0.1, 0.15) is 33.3 Å². The second-order valence-corrected chi connectivity index (χ2v) is 8.11. The van der Waals surface area contributed by atoms with Gasteiger partial charge in [0, 0.05) is 5.56 Å². The summed E-state index contributed by atoms with van der Waals surface area (Å²) in [5.41, 5.74) is 2.58. The number of ether oxygens (including phenoxy) is 3. The summed E-state index contributed by atoms with van der Waals surface area (Å²) in [6.07, 6.45) is 0. The molecule has 36 heavy (non-hydrogen) atoms. The molecule has 5 rings (SSSR count). The van der Waals surface area contributed by atoms with E-state index in [2.05, 4.69) is 15.3 Å². The molecule has 2 heterocycles. The van der Waals surface area contributed by atoms with Gasteiger partial charge >= 0.3 is 5.97 Å². The van der Waals surface area contributed by atoms with E-state index >= 15 is 0 Å². The van der Waals surface area contributed by atoms with Crippen LogP contribution >= 0.6 is 0 Å². The van der Waals surface area contributed by atoms with E-state index in [1.807, 2.05) is 62.4 Å². The van der Waals surface area contributed by atoms with Gasteiger partial charge in [-0.05, 0) is 48.9 Å². The van der Waals surface area contributed by atoms with Gasteiger partial charge in [0.2, 0.25) is 5.82 Å². The Hall–Kier alpha value is -4.66. The molecule has 9 nitrogen and oxygen atoms in total. The van der Waals surface area contributed by atoms with Crippen LogP contribution < -0.4 is 9.47 Å². The molecule has 0 bridgehead atoms. The molecule has 0 saturated carbocycles. The highest BCUT2D eigenvalue weighted by Crippen LogP contribution is 2.29. The van der Waals surface area contributed by atoms with Crippen LogP contribution in [0.5, 0.6) is 11.5 Å². The van der Waals surface area contributed by atoms with Gasteiger partial charge in [0.25, 0.3) is 5.89 Å². The Morgan fingerprint density at radius 3 is 2.47 bits per heavy atom. The first-order valence-electron chi connectivity index (χ1n) is 11.2. The van der Waals surface area contributed by atoms with Gasteiger partial charge < -0.3 is 23.3 Å². The minimum Gasteiger partial charge on any atom is -0.497 e. The van der Waals surface area contributed by atoms with Gasteiger partial charge in [-0.3, -0.25) is 0 Å². The lowest BCUT2D eigenvalue weighted by Crippen LogP contribution is -2.09. The first-order chi connectivity index (χ1) is 17.5. The van der Waals surface area contributed by atoms with Gasteiger partial charge in [0.15, 0.2) is 6.61 Å². The molecule has 0 spiro atoms. The van der Waals surface area contributed by atoms with Crippen molar-refractivity contribution in [1.82, 2.24) is 15.3 Å². The van der Waals surface area contributed by atoms with Gasteiger partial charge in [-0.15, -0.1) is 0 Å². The minimum absolute atomic E-state index is 0.167. The third-order valence-electron chi connectivity index (χ3n) is 5.74. The Morgan fingerprint density at radius 1 is 0.917 bits per heavy atom. The summed E-state index contributed by atoms with van der Waals surface area (Å²) in [5.74, 6) is 1.69. The Kier molecular flexibility index (Phi) is 6.36. The summed E-state index contributed by atoms with van der Waals surface area (Å²) in [5, 5.41) is 9.74. The number of methoxy groups -OCH3 is 1. The summed E-state index contributed by atoms with van der Waals surface area (Å²) < 4.78 is 27.3. The van der Waals surface area contributed by atoms with Crippen molar-refractivity contribution in [3.05, 3.63) is 89.1 Å². The maximum absolute atomic E-state index is 13.1. The zero-order chi connectivity index (χ0) is 25.1. The smallest absolute Gasteiger partial charge is 0.342 e. The first kappa shape index (κ1) is 23.1. The monoisotopic (exact) mass is 485 g/mol. The Balaban J connectivity index is 1.35. The molecule has 0 aliphatic rings. The molecule has 0 radical (unpaired) electrons. The number of benzene rings is 3. The standard InChI is InChI=1S/C27H23N3O6/c1-16-23(17(2)35-29-16)14-33-24-13-19-8-5-4-7-18(19)12-22(24)27(31)34-15-25-28-26(30-36-25)20-9-6-10-21(11-20)32-3/h4-13H,14-15H2,1-3H3. The van der Waals surface area contributed by atoms with Crippen molar-refractivity contribution >= 4 is 16.7 Å². The molecule has 2 aromatic heterocycles. The quantitative estimate of drug-likeness (QED) is 0.265. The van der Waals surface area contributed by atoms with Crippen LogP contribution in [0.4, 0.5) is 0 Å². The predicted octanol–water partition coefficient (Wildman–Crippen LogP) is 5.44. The number of rotatable bonds is 8. The van der Waals surface area contributed by atoms with Gasteiger partial charge in [-0.1, -0.05) is 46.7 Å². The Morgan fingerprint density at radius 2 is 1.72 bits per heavy atom. The van der Waals surface area contributed by atoms with Gasteiger partial charge in [0.05, 0.1) is 18.4 Å². The van der Waals surface area contributed by atoms with Crippen molar-refractivity contribution < 1.29 is 28.1 Å².